The van der Waals surface area contributed by atoms with Crippen molar-refractivity contribution in [2.45, 2.75) is 39.3 Å². The van der Waals surface area contributed by atoms with Crippen molar-refractivity contribution in [3.05, 3.63) is 53.7 Å². The predicted molar refractivity (Wildman–Crippen MR) is 113 cm³/mol. The van der Waals surface area contributed by atoms with Gasteiger partial charge in [0, 0.05) is 23.7 Å². The molecule has 0 aliphatic carbocycles. The first-order valence-electron chi connectivity index (χ1n) is 10.2. The van der Waals surface area contributed by atoms with Gasteiger partial charge in [0.25, 0.3) is 11.8 Å². The number of carbonyl (C=O) groups excluding carboxylic acids is 1. The first kappa shape index (κ1) is 20.0. The molecule has 0 saturated carbocycles. The topological polar surface area (TPSA) is 117 Å². The van der Waals surface area contributed by atoms with E-state index in [0.717, 1.165) is 17.5 Å². The van der Waals surface area contributed by atoms with Crippen molar-refractivity contribution in [2.24, 2.45) is 0 Å². The van der Waals surface area contributed by atoms with Gasteiger partial charge in [-0.05, 0) is 39.0 Å². The van der Waals surface area contributed by atoms with E-state index in [1.54, 1.807) is 23.6 Å². The molecule has 5 rings (SSSR count). The number of hydrogen-bond acceptors (Lipinski definition) is 8. The van der Waals surface area contributed by atoms with Crippen molar-refractivity contribution < 1.29 is 18.8 Å². The average molecular weight is 434 g/mol. The second-order valence-electron chi connectivity index (χ2n) is 8.25. The molecular weight excluding hydrogens is 412 g/mol. The van der Waals surface area contributed by atoms with E-state index >= 15 is 0 Å². The lowest BCUT2D eigenvalue weighted by Gasteiger charge is -2.18. The summed E-state index contributed by atoms with van der Waals surface area (Å²) in [6.07, 6.45) is 2.61. The first-order valence-corrected chi connectivity index (χ1v) is 10.2. The van der Waals surface area contributed by atoms with E-state index in [9.17, 15) is 4.79 Å². The highest BCUT2D eigenvalue weighted by atomic mass is 16.5. The number of para-hydroxylation sites is 1. The normalized spacial score (nSPS) is 14.2. The maximum Gasteiger partial charge on any atom is 0.258 e. The van der Waals surface area contributed by atoms with Crippen molar-refractivity contribution in [3.63, 3.8) is 0 Å². The third kappa shape index (κ3) is 3.86. The highest BCUT2D eigenvalue weighted by Crippen LogP contribution is 2.41. The van der Waals surface area contributed by atoms with Crippen LogP contribution in [0.2, 0.25) is 0 Å². The molecule has 0 fully saturated rings. The smallest absolute Gasteiger partial charge is 0.258 e. The third-order valence-electron chi connectivity index (χ3n) is 5.11. The number of aromatic nitrogens is 5. The Balaban J connectivity index is 1.21. The molecule has 3 aromatic heterocycles. The summed E-state index contributed by atoms with van der Waals surface area (Å²) in [5.74, 6) is 2.57. The Kier molecular flexibility index (Phi) is 4.76. The maximum atomic E-state index is 12.4. The molecule has 0 atom stereocenters. The van der Waals surface area contributed by atoms with Crippen molar-refractivity contribution in [1.82, 2.24) is 30.1 Å². The van der Waals surface area contributed by atoms with Crippen LogP contribution in [0.15, 0.2) is 41.1 Å². The molecule has 10 nitrogen and oxygen atoms in total. The minimum absolute atomic E-state index is 0.127. The number of carbonyl (C=O) groups is 1. The number of nitrogens with one attached hydrogen (secondary N) is 1. The number of amides is 1. The monoisotopic (exact) mass is 434 g/mol. The Morgan fingerprint density at radius 3 is 2.97 bits per heavy atom. The van der Waals surface area contributed by atoms with Crippen LogP contribution in [0.5, 0.6) is 11.5 Å². The zero-order valence-corrected chi connectivity index (χ0v) is 18.0. The molecule has 0 saturated heterocycles. The highest BCUT2D eigenvalue weighted by Gasteiger charge is 2.32. The molecule has 0 bridgehead atoms. The molecule has 4 aromatic rings. The number of nitrogens with zero attached hydrogens (tertiary/aromatic N) is 5. The molecule has 1 aliphatic rings. The number of hydrogen-bond donors (Lipinski definition) is 1. The van der Waals surface area contributed by atoms with Crippen LogP contribution in [0.25, 0.3) is 17.1 Å². The second kappa shape index (κ2) is 7.63. The van der Waals surface area contributed by atoms with Crippen molar-refractivity contribution in [2.75, 3.05) is 6.61 Å². The zero-order valence-electron chi connectivity index (χ0n) is 18.0. The average Bonchev–Trinajstić information content (AvgIpc) is 3.45. The van der Waals surface area contributed by atoms with Crippen LogP contribution in [-0.2, 0) is 17.8 Å². The summed E-state index contributed by atoms with van der Waals surface area (Å²) in [6.45, 7) is 5.89. The fraction of sp³-hybridized carbons (Fsp3) is 0.318. The summed E-state index contributed by atoms with van der Waals surface area (Å²) in [7, 11) is 0. The maximum absolute atomic E-state index is 12.4. The van der Waals surface area contributed by atoms with Gasteiger partial charge in [-0.2, -0.15) is 4.98 Å². The lowest BCUT2D eigenvalue weighted by atomic mass is 10.0. The summed E-state index contributed by atoms with van der Waals surface area (Å²) < 4.78 is 18.7. The summed E-state index contributed by atoms with van der Waals surface area (Å²) in [6, 6.07) is 9.35. The Hall–Kier alpha value is -3.95. The number of ether oxygens (including phenoxy) is 2. The van der Waals surface area contributed by atoms with Gasteiger partial charge in [0.15, 0.2) is 35.4 Å². The second-order valence-corrected chi connectivity index (χ2v) is 8.25. The molecule has 0 radical (unpaired) electrons. The van der Waals surface area contributed by atoms with E-state index in [-0.39, 0.29) is 24.7 Å². The summed E-state index contributed by atoms with van der Waals surface area (Å²) in [5.41, 5.74) is 2.16. The largest absolute Gasteiger partial charge is 0.483 e. The van der Waals surface area contributed by atoms with Gasteiger partial charge < -0.3 is 19.3 Å². The quantitative estimate of drug-likeness (QED) is 0.492. The Morgan fingerprint density at radius 1 is 1.28 bits per heavy atom. The van der Waals surface area contributed by atoms with E-state index in [1.165, 1.54) is 0 Å². The minimum atomic E-state index is -0.277. The van der Waals surface area contributed by atoms with E-state index in [0.29, 0.717) is 34.7 Å². The summed E-state index contributed by atoms with van der Waals surface area (Å²) >= 11 is 0. The van der Waals surface area contributed by atoms with Gasteiger partial charge in [0.05, 0.1) is 6.54 Å². The molecule has 164 valence electrons. The molecule has 1 aromatic carbocycles. The van der Waals surface area contributed by atoms with Crippen LogP contribution in [0.4, 0.5) is 0 Å². The van der Waals surface area contributed by atoms with Crippen LogP contribution in [-0.4, -0.2) is 42.9 Å². The highest BCUT2D eigenvalue weighted by molar-refractivity contribution is 5.77. The molecule has 1 aliphatic heterocycles. The van der Waals surface area contributed by atoms with Crippen molar-refractivity contribution >= 4 is 11.6 Å². The van der Waals surface area contributed by atoms with Gasteiger partial charge in [-0.25, -0.2) is 0 Å². The van der Waals surface area contributed by atoms with Gasteiger partial charge in [-0.3, -0.25) is 9.20 Å². The molecular formula is C22H22N6O4. The predicted octanol–water partition coefficient (Wildman–Crippen LogP) is 2.50. The van der Waals surface area contributed by atoms with E-state index in [2.05, 4.69) is 25.7 Å². The Morgan fingerprint density at radius 2 is 2.16 bits per heavy atom. The number of aryl methyl sites for hydroxylation is 1. The van der Waals surface area contributed by atoms with Crippen LogP contribution in [0.3, 0.4) is 0 Å². The standard InChI is InChI=1S/C22H22N6O4/c1-13-24-21(32-27-13)14-7-8-28-17(9-14)25-26-18(28)11-23-19(29)12-30-16-6-4-5-15-10-22(2,3)31-20(15)16/h4-9H,10-12H2,1-3H3,(H,23,29). The van der Waals surface area contributed by atoms with Gasteiger partial charge in [-0.1, -0.05) is 17.3 Å². The van der Waals surface area contributed by atoms with E-state index in [4.69, 9.17) is 14.0 Å². The van der Waals surface area contributed by atoms with Crippen LogP contribution >= 0.6 is 0 Å². The van der Waals surface area contributed by atoms with Gasteiger partial charge in [-0.15, -0.1) is 10.2 Å². The van der Waals surface area contributed by atoms with E-state index < -0.39 is 0 Å². The Bertz CT molecular complexity index is 1310. The lowest BCUT2D eigenvalue weighted by Crippen LogP contribution is -2.29. The molecule has 0 spiro atoms. The molecule has 1 amide bonds. The molecule has 32 heavy (non-hydrogen) atoms. The summed E-state index contributed by atoms with van der Waals surface area (Å²) in [4.78, 5) is 16.6. The summed E-state index contributed by atoms with van der Waals surface area (Å²) in [5, 5.41) is 14.9. The van der Waals surface area contributed by atoms with Gasteiger partial charge in [0.1, 0.15) is 5.60 Å². The first-order chi connectivity index (χ1) is 15.4. The zero-order chi connectivity index (χ0) is 22.3. The Labute approximate surface area is 183 Å². The number of pyridine rings is 1. The molecule has 4 heterocycles. The third-order valence-corrected chi connectivity index (χ3v) is 5.11. The van der Waals surface area contributed by atoms with Crippen LogP contribution < -0.4 is 14.8 Å². The molecule has 10 heteroatoms. The molecule has 1 N–H and O–H groups in total. The minimum Gasteiger partial charge on any atom is -0.483 e. The van der Waals surface area contributed by atoms with Gasteiger partial charge in [0.2, 0.25) is 0 Å². The molecule has 0 unspecified atom stereocenters. The SMILES string of the molecule is Cc1noc(-c2ccn3c(CNC(=O)COc4cccc5c4OC(C)(C)C5)nnc3c2)n1. The lowest BCUT2D eigenvalue weighted by molar-refractivity contribution is -0.123. The van der Waals surface area contributed by atoms with Crippen molar-refractivity contribution in [1.29, 1.82) is 0 Å². The van der Waals surface area contributed by atoms with Crippen molar-refractivity contribution in [3.8, 4) is 23.0 Å². The number of rotatable bonds is 6. The van der Waals surface area contributed by atoms with E-state index in [1.807, 2.05) is 38.1 Å². The van der Waals surface area contributed by atoms with Crippen LogP contribution in [0, 0.1) is 6.92 Å². The van der Waals surface area contributed by atoms with Crippen LogP contribution in [0.1, 0.15) is 31.1 Å². The fourth-order valence-corrected chi connectivity index (χ4v) is 3.68. The fourth-order valence-electron chi connectivity index (χ4n) is 3.68. The number of benzene rings is 1. The number of fused-ring (bicyclic) bond motifs is 2. The van der Waals surface area contributed by atoms with Gasteiger partial charge >= 0.3 is 0 Å².